The highest BCUT2D eigenvalue weighted by Gasteiger charge is 2.12. The zero-order valence-electron chi connectivity index (χ0n) is 10.6. The normalized spacial score (nSPS) is 11.8. The van der Waals surface area contributed by atoms with Crippen molar-refractivity contribution >= 4 is 11.6 Å². The molecule has 1 atom stereocenters. The zero-order chi connectivity index (χ0) is 14.7. The molecule has 0 aliphatic rings. The molecule has 2 aromatic rings. The van der Waals surface area contributed by atoms with Gasteiger partial charge in [0.15, 0.2) is 0 Å². The third kappa shape index (κ3) is 3.08. The molecule has 0 unspecified atom stereocenters. The first-order chi connectivity index (χ1) is 9.51. The van der Waals surface area contributed by atoms with Crippen molar-refractivity contribution in [2.75, 3.05) is 0 Å². The predicted octanol–water partition coefficient (Wildman–Crippen LogP) is 4.20. The van der Waals surface area contributed by atoms with Crippen molar-refractivity contribution in [3.63, 3.8) is 0 Å². The summed E-state index contributed by atoms with van der Waals surface area (Å²) >= 11 is 5.68. The third-order valence-electron chi connectivity index (χ3n) is 2.71. The Morgan fingerprint density at radius 1 is 1.30 bits per heavy atom. The Bertz CT molecular complexity index is 680. The Morgan fingerprint density at radius 2 is 2.05 bits per heavy atom. The van der Waals surface area contributed by atoms with Gasteiger partial charge >= 0.3 is 0 Å². The van der Waals surface area contributed by atoms with Crippen LogP contribution >= 0.6 is 11.6 Å². The van der Waals surface area contributed by atoms with E-state index in [9.17, 15) is 9.50 Å². The van der Waals surface area contributed by atoms with Crippen molar-refractivity contribution in [1.82, 2.24) is 0 Å². The zero-order valence-corrected chi connectivity index (χ0v) is 11.4. The Balaban J connectivity index is 2.40. The predicted molar refractivity (Wildman–Crippen MR) is 73.3 cm³/mol. The maximum Gasteiger partial charge on any atom is 0.142 e. The van der Waals surface area contributed by atoms with Gasteiger partial charge in [0.05, 0.1) is 22.8 Å². The maximum absolute atomic E-state index is 13.1. The first-order valence-electron chi connectivity index (χ1n) is 5.86. The van der Waals surface area contributed by atoms with Crippen molar-refractivity contribution in [3.8, 4) is 17.6 Å². The van der Waals surface area contributed by atoms with Crippen molar-refractivity contribution < 1.29 is 14.2 Å². The van der Waals surface area contributed by atoms with E-state index in [1.165, 1.54) is 24.3 Å². The fourth-order valence-electron chi connectivity index (χ4n) is 1.70. The Kier molecular flexibility index (Phi) is 4.23. The molecule has 2 aromatic carbocycles. The van der Waals surface area contributed by atoms with E-state index in [1.807, 2.05) is 6.07 Å². The highest BCUT2D eigenvalue weighted by atomic mass is 35.5. The Labute approximate surface area is 120 Å². The summed E-state index contributed by atoms with van der Waals surface area (Å²) in [6.07, 6.45) is -0.756. The molecule has 0 radical (unpaired) electrons. The van der Waals surface area contributed by atoms with Crippen molar-refractivity contribution in [1.29, 1.82) is 5.26 Å². The number of hydrogen-bond acceptors (Lipinski definition) is 3. The fraction of sp³-hybridized carbons (Fsp3) is 0.133. The van der Waals surface area contributed by atoms with Gasteiger partial charge < -0.3 is 9.84 Å². The summed E-state index contributed by atoms with van der Waals surface area (Å²) in [6, 6.07) is 10.7. The highest BCUT2D eigenvalue weighted by molar-refractivity contribution is 6.30. The summed E-state index contributed by atoms with van der Waals surface area (Å²) in [5, 5.41) is 18.5. The molecule has 20 heavy (non-hydrogen) atoms. The highest BCUT2D eigenvalue weighted by Crippen LogP contribution is 2.32. The largest absolute Gasteiger partial charge is 0.457 e. The fourth-order valence-corrected chi connectivity index (χ4v) is 1.88. The van der Waals surface area contributed by atoms with Gasteiger partial charge in [-0.15, -0.1) is 0 Å². The number of benzene rings is 2. The minimum atomic E-state index is -0.756. The standard InChI is InChI=1S/C15H11ClFNO2/c1-9(19)12-4-2-10(8-18)6-15(12)20-11-3-5-14(17)13(16)7-11/h2-7,9,19H,1H3/t9-/m0/s1. The van der Waals surface area contributed by atoms with Crippen LogP contribution in [0, 0.1) is 17.1 Å². The van der Waals surface area contributed by atoms with Gasteiger partial charge in [-0.1, -0.05) is 17.7 Å². The van der Waals surface area contributed by atoms with Gasteiger partial charge in [0.1, 0.15) is 17.3 Å². The molecule has 3 nitrogen and oxygen atoms in total. The van der Waals surface area contributed by atoms with E-state index in [2.05, 4.69) is 0 Å². The van der Waals surface area contributed by atoms with Gasteiger partial charge in [0.2, 0.25) is 0 Å². The molecule has 0 heterocycles. The van der Waals surface area contributed by atoms with Crippen molar-refractivity contribution in [2.45, 2.75) is 13.0 Å². The summed E-state index contributed by atoms with van der Waals surface area (Å²) in [7, 11) is 0. The van der Waals surface area contributed by atoms with Crippen LogP contribution in [0.2, 0.25) is 5.02 Å². The molecular formula is C15H11ClFNO2. The van der Waals surface area contributed by atoms with Crippen LogP contribution in [-0.2, 0) is 0 Å². The van der Waals surface area contributed by atoms with Gasteiger partial charge in [0, 0.05) is 11.6 Å². The number of ether oxygens (including phenoxy) is 1. The lowest BCUT2D eigenvalue weighted by molar-refractivity contribution is 0.195. The van der Waals surface area contributed by atoms with Crippen molar-refractivity contribution in [3.05, 3.63) is 58.4 Å². The first-order valence-corrected chi connectivity index (χ1v) is 6.24. The van der Waals surface area contributed by atoms with E-state index in [0.717, 1.165) is 0 Å². The molecule has 0 aromatic heterocycles. The molecule has 1 N–H and O–H groups in total. The molecule has 0 saturated heterocycles. The second-order valence-corrected chi connectivity index (χ2v) is 4.63. The smallest absolute Gasteiger partial charge is 0.142 e. The maximum atomic E-state index is 13.1. The van der Waals surface area contributed by atoms with Crippen LogP contribution < -0.4 is 4.74 Å². The van der Waals surface area contributed by atoms with E-state index < -0.39 is 11.9 Å². The number of nitriles is 1. The molecule has 2 rings (SSSR count). The number of nitrogens with zero attached hydrogens (tertiary/aromatic N) is 1. The second kappa shape index (κ2) is 5.91. The van der Waals surface area contributed by atoms with Crippen LogP contribution in [0.15, 0.2) is 36.4 Å². The van der Waals surface area contributed by atoms with Gasteiger partial charge in [0.25, 0.3) is 0 Å². The molecule has 5 heteroatoms. The van der Waals surface area contributed by atoms with E-state index in [4.69, 9.17) is 21.6 Å². The number of hydrogen-bond donors (Lipinski definition) is 1. The number of rotatable bonds is 3. The first kappa shape index (κ1) is 14.3. The van der Waals surface area contributed by atoms with Gasteiger partial charge in [-0.2, -0.15) is 5.26 Å². The van der Waals surface area contributed by atoms with Gasteiger partial charge in [-0.25, -0.2) is 4.39 Å². The van der Waals surface area contributed by atoms with E-state index in [-0.39, 0.29) is 5.02 Å². The molecule has 0 amide bonds. The number of aliphatic hydroxyl groups is 1. The summed E-state index contributed by atoms with van der Waals surface area (Å²) in [5.41, 5.74) is 0.932. The van der Waals surface area contributed by atoms with Crippen molar-refractivity contribution in [2.24, 2.45) is 0 Å². The quantitative estimate of drug-likeness (QED) is 0.922. The van der Waals surface area contributed by atoms with E-state index in [0.29, 0.717) is 22.6 Å². The molecule has 102 valence electrons. The molecular weight excluding hydrogens is 281 g/mol. The van der Waals surface area contributed by atoms with E-state index >= 15 is 0 Å². The van der Waals surface area contributed by atoms with Crippen LogP contribution in [0.25, 0.3) is 0 Å². The molecule has 0 aliphatic heterocycles. The molecule has 0 saturated carbocycles. The van der Waals surface area contributed by atoms with Crippen LogP contribution in [0.3, 0.4) is 0 Å². The minimum absolute atomic E-state index is 0.0578. The molecule has 0 aliphatic carbocycles. The summed E-state index contributed by atoms with van der Waals surface area (Å²) in [4.78, 5) is 0. The average Bonchev–Trinajstić information content (AvgIpc) is 2.42. The van der Waals surface area contributed by atoms with Crippen LogP contribution in [0.1, 0.15) is 24.2 Å². The topological polar surface area (TPSA) is 53.2 Å². The van der Waals surface area contributed by atoms with Crippen LogP contribution in [0.5, 0.6) is 11.5 Å². The molecule has 0 bridgehead atoms. The third-order valence-corrected chi connectivity index (χ3v) is 3.00. The van der Waals surface area contributed by atoms with Gasteiger partial charge in [-0.3, -0.25) is 0 Å². The summed E-state index contributed by atoms with van der Waals surface area (Å²) in [6.45, 7) is 1.59. The Morgan fingerprint density at radius 3 is 2.65 bits per heavy atom. The number of halogens is 2. The number of aliphatic hydroxyl groups excluding tert-OH is 1. The lowest BCUT2D eigenvalue weighted by Gasteiger charge is -2.13. The monoisotopic (exact) mass is 291 g/mol. The average molecular weight is 292 g/mol. The van der Waals surface area contributed by atoms with Crippen LogP contribution in [-0.4, -0.2) is 5.11 Å². The van der Waals surface area contributed by atoms with E-state index in [1.54, 1.807) is 19.1 Å². The Hall–Kier alpha value is -2.09. The molecule has 0 spiro atoms. The lowest BCUT2D eigenvalue weighted by Crippen LogP contribution is -1.97. The van der Waals surface area contributed by atoms with Gasteiger partial charge in [-0.05, 0) is 31.2 Å². The second-order valence-electron chi connectivity index (χ2n) is 4.22. The molecule has 0 fully saturated rings. The van der Waals surface area contributed by atoms with Crippen LogP contribution in [0.4, 0.5) is 4.39 Å². The summed E-state index contributed by atoms with van der Waals surface area (Å²) < 4.78 is 18.7. The lowest BCUT2D eigenvalue weighted by atomic mass is 10.1. The minimum Gasteiger partial charge on any atom is -0.457 e. The SMILES string of the molecule is C[C@H](O)c1ccc(C#N)cc1Oc1ccc(F)c(Cl)c1. The summed E-state index contributed by atoms with van der Waals surface area (Å²) in [5.74, 6) is 0.121.